The van der Waals surface area contributed by atoms with E-state index in [-0.39, 0.29) is 0 Å². The van der Waals surface area contributed by atoms with E-state index in [0.717, 1.165) is 0 Å². The van der Waals surface area contributed by atoms with Crippen LogP contribution in [-0.2, 0) is 0 Å². The van der Waals surface area contributed by atoms with Crippen molar-refractivity contribution >= 4 is 34.4 Å². The summed E-state index contributed by atoms with van der Waals surface area (Å²) in [4.78, 5) is 48.5. The first-order chi connectivity index (χ1) is 11.8. The molecule has 0 atom stereocenters. The Bertz CT molecular complexity index is 827. The lowest BCUT2D eigenvalue weighted by Gasteiger charge is -2.14. The van der Waals surface area contributed by atoms with Gasteiger partial charge in [0.25, 0.3) is 0 Å². The van der Waals surface area contributed by atoms with Gasteiger partial charge in [-0.15, -0.1) is 0 Å². The van der Waals surface area contributed by atoms with Gasteiger partial charge >= 0.3 is 22.7 Å². The van der Waals surface area contributed by atoms with Crippen molar-refractivity contribution in [3.63, 3.8) is 0 Å². The van der Waals surface area contributed by atoms with Gasteiger partial charge in [-0.2, -0.15) is 0 Å². The van der Waals surface area contributed by atoms with Crippen LogP contribution >= 0.6 is 11.6 Å². The Kier molecular flexibility index (Phi) is 5.52. The molecule has 0 aromatic heterocycles. The van der Waals surface area contributed by atoms with Crippen LogP contribution in [0.4, 0.5) is 22.7 Å². The largest absolute Gasteiger partial charge is 0.472 e. The number of hydrogen-bond donors (Lipinski definition) is 1. The molecule has 1 N–H and O–H groups in total. The lowest BCUT2D eigenvalue weighted by molar-refractivity contribution is -0.787. The zero-order valence-electron chi connectivity index (χ0n) is 12.5. The molecule has 0 amide bonds. The Morgan fingerprint density at radius 2 is 1.38 bits per heavy atom. The summed E-state index contributed by atoms with van der Waals surface area (Å²) in [5.74, 6) is 0. The van der Waals surface area contributed by atoms with Gasteiger partial charge in [0.05, 0.1) is 27.8 Å². The van der Waals surface area contributed by atoms with Gasteiger partial charge in [-0.25, -0.2) is 0 Å². The fraction of sp³-hybridized carbons (Fsp3) is 0.333. The molecular formula is C9H7ClN6O10. The number of rotatable bonds is 8. The number of nitro groups is 5. The Labute approximate surface area is 146 Å². The summed E-state index contributed by atoms with van der Waals surface area (Å²) in [5, 5.41) is 55.6. The number of nitrogens with one attached hydrogen (secondary N) is 1. The highest BCUT2D eigenvalue weighted by molar-refractivity contribution is 6.35. The molecule has 0 spiro atoms. The predicted molar refractivity (Wildman–Crippen MR) is 82.3 cm³/mol. The third kappa shape index (κ3) is 3.53. The van der Waals surface area contributed by atoms with Crippen molar-refractivity contribution in [3.8, 4) is 0 Å². The third-order valence-electron chi connectivity index (χ3n) is 3.16. The van der Waals surface area contributed by atoms with Crippen LogP contribution in [0.25, 0.3) is 0 Å². The monoisotopic (exact) mass is 394 g/mol. The Morgan fingerprint density at radius 3 is 1.73 bits per heavy atom. The first-order valence-electron chi connectivity index (χ1n) is 6.17. The Hall–Kier alpha value is -3.69. The minimum Gasteiger partial charge on any atom is -0.361 e. The van der Waals surface area contributed by atoms with Crippen molar-refractivity contribution in [1.29, 1.82) is 0 Å². The number of nitrogens with zero attached hydrogens (tertiary/aromatic N) is 5. The molecule has 0 fully saturated rings. The van der Waals surface area contributed by atoms with Gasteiger partial charge in [0.15, 0.2) is 17.3 Å². The van der Waals surface area contributed by atoms with E-state index in [1.54, 1.807) is 0 Å². The molecule has 26 heavy (non-hydrogen) atoms. The minimum absolute atomic E-state index is 0.299. The van der Waals surface area contributed by atoms with E-state index in [0.29, 0.717) is 13.0 Å². The van der Waals surface area contributed by atoms with E-state index in [4.69, 9.17) is 11.6 Å². The maximum absolute atomic E-state index is 11.2. The lowest BCUT2D eigenvalue weighted by Crippen LogP contribution is -2.49. The number of nitro benzene ring substituents is 3. The number of benzene rings is 1. The molecule has 0 saturated heterocycles. The minimum atomic E-state index is -2.89. The second kappa shape index (κ2) is 7.05. The summed E-state index contributed by atoms with van der Waals surface area (Å²) in [6.07, 6.45) is 0. The van der Waals surface area contributed by atoms with Crippen LogP contribution in [0.3, 0.4) is 0 Å². The molecule has 1 aromatic rings. The van der Waals surface area contributed by atoms with Crippen LogP contribution in [0, 0.1) is 50.6 Å². The Morgan fingerprint density at radius 1 is 0.923 bits per heavy atom. The SMILES string of the molecule is CC(CNc1c([N+](=O)[O-])cc([N+](=O)[O-])c(Cl)c1[N+](=O)[O-])([N+](=O)[O-])[N+](=O)[O-]. The fourth-order valence-electron chi connectivity index (χ4n) is 1.69. The zero-order valence-corrected chi connectivity index (χ0v) is 13.2. The highest BCUT2D eigenvalue weighted by atomic mass is 35.5. The maximum atomic E-state index is 11.2. The normalized spacial score (nSPS) is 10.8. The molecule has 0 aliphatic carbocycles. The lowest BCUT2D eigenvalue weighted by atomic mass is 10.1. The summed E-state index contributed by atoms with van der Waals surface area (Å²) in [6.45, 7) is -0.645. The topological polar surface area (TPSA) is 228 Å². The fourth-order valence-corrected chi connectivity index (χ4v) is 1.98. The number of hydrogen-bond acceptors (Lipinski definition) is 11. The molecule has 17 heteroatoms. The van der Waals surface area contributed by atoms with Crippen molar-refractivity contribution in [2.75, 3.05) is 11.9 Å². The maximum Gasteiger partial charge on any atom is 0.472 e. The summed E-state index contributed by atoms with van der Waals surface area (Å²) >= 11 is 5.54. The van der Waals surface area contributed by atoms with Crippen molar-refractivity contribution < 1.29 is 24.6 Å². The summed E-state index contributed by atoms with van der Waals surface area (Å²) < 4.78 is 0. The van der Waals surface area contributed by atoms with E-state index >= 15 is 0 Å². The summed E-state index contributed by atoms with van der Waals surface area (Å²) in [6, 6.07) is 0.299. The predicted octanol–water partition coefficient (Wildman–Crippen LogP) is 1.75. The van der Waals surface area contributed by atoms with Gasteiger partial charge < -0.3 is 5.32 Å². The summed E-state index contributed by atoms with van der Waals surface area (Å²) in [5.41, 5.74) is -7.60. The molecule has 0 radical (unpaired) electrons. The molecule has 140 valence electrons. The van der Waals surface area contributed by atoms with E-state index in [1.165, 1.54) is 0 Å². The van der Waals surface area contributed by atoms with Gasteiger partial charge in [0.1, 0.15) is 9.85 Å². The highest BCUT2D eigenvalue weighted by Crippen LogP contribution is 2.45. The summed E-state index contributed by atoms with van der Waals surface area (Å²) in [7, 11) is 0. The molecule has 1 aromatic carbocycles. The van der Waals surface area contributed by atoms with Gasteiger partial charge in [0.2, 0.25) is 0 Å². The molecule has 0 unspecified atom stereocenters. The Balaban J connectivity index is 3.64. The third-order valence-corrected chi connectivity index (χ3v) is 3.53. The molecule has 0 saturated carbocycles. The van der Waals surface area contributed by atoms with Crippen molar-refractivity contribution in [3.05, 3.63) is 61.7 Å². The van der Waals surface area contributed by atoms with Crippen LogP contribution in [-0.4, -0.2) is 36.8 Å². The van der Waals surface area contributed by atoms with Crippen LogP contribution in [0.1, 0.15) is 6.92 Å². The van der Waals surface area contributed by atoms with Crippen LogP contribution in [0.15, 0.2) is 6.07 Å². The van der Waals surface area contributed by atoms with Gasteiger partial charge in [-0.3, -0.25) is 50.6 Å². The van der Waals surface area contributed by atoms with Crippen molar-refractivity contribution in [2.24, 2.45) is 0 Å². The van der Waals surface area contributed by atoms with E-state index in [9.17, 15) is 50.6 Å². The highest BCUT2D eigenvalue weighted by Gasteiger charge is 2.51. The first-order valence-corrected chi connectivity index (χ1v) is 6.55. The number of halogens is 1. The average Bonchev–Trinajstić information content (AvgIpc) is 2.50. The van der Waals surface area contributed by atoms with E-state index < -0.39 is 64.6 Å². The zero-order chi connectivity index (χ0) is 20.4. The second-order valence-corrected chi connectivity index (χ2v) is 5.19. The molecule has 0 heterocycles. The first kappa shape index (κ1) is 20.4. The standard InChI is InChI=1S/C9H7ClN6O10/c1-9(15(23)24,16(25)26)3-11-7-5(13(19)20)2-4(12(17)18)6(10)8(7)14(21)22/h2,11H,3H2,1H3. The molecule has 0 aliphatic rings. The van der Waals surface area contributed by atoms with Crippen molar-refractivity contribution in [2.45, 2.75) is 12.6 Å². The van der Waals surface area contributed by atoms with Gasteiger partial charge in [0, 0.05) is 0 Å². The molecule has 0 bridgehead atoms. The molecule has 1 rings (SSSR count). The average molecular weight is 395 g/mol. The molecule has 16 nitrogen and oxygen atoms in total. The van der Waals surface area contributed by atoms with Crippen LogP contribution in [0.2, 0.25) is 5.02 Å². The van der Waals surface area contributed by atoms with Gasteiger partial charge in [-0.1, -0.05) is 11.6 Å². The number of anilines is 1. The quantitative estimate of drug-likeness (QED) is 0.379. The van der Waals surface area contributed by atoms with Gasteiger partial charge in [-0.05, 0) is 0 Å². The molecular weight excluding hydrogens is 388 g/mol. The smallest absolute Gasteiger partial charge is 0.361 e. The second-order valence-electron chi connectivity index (χ2n) is 4.81. The molecule has 0 aliphatic heterocycles. The van der Waals surface area contributed by atoms with Crippen LogP contribution in [0.5, 0.6) is 0 Å². The van der Waals surface area contributed by atoms with E-state index in [1.807, 2.05) is 5.32 Å². The van der Waals surface area contributed by atoms with E-state index in [2.05, 4.69) is 0 Å². The van der Waals surface area contributed by atoms with Crippen molar-refractivity contribution in [1.82, 2.24) is 0 Å². The van der Waals surface area contributed by atoms with Crippen LogP contribution < -0.4 is 5.32 Å².